The topological polar surface area (TPSA) is 104 Å². The van der Waals surface area contributed by atoms with Gasteiger partial charge in [0.25, 0.3) is 5.91 Å². The smallest absolute Gasteiger partial charge is 0.267 e. The van der Waals surface area contributed by atoms with Crippen LogP contribution in [0.4, 0.5) is 5.82 Å². The summed E-state index contributed by atoms with van der Waals surface area (Å²) < 4.78 is 5.79. The van der Waals surface area contributed by atoms with E-state index in [-0.39, 0.29) is 5.69 Å². The van der Waals surface area contributed by atoms with Gasteiger partial charge < -0.3 is 16.2 Å². The number of nitrogens with zero attached hydrogens (tertiary/aromatic N) is 2. The molecule has 1 aliphatic rings. The van der Waals surface area contributed by atoms with Crippen LogP contribution < -0.4 is 16.2 Å². The Labute approximate surface area is 154 Å². The van der Waals surface area contributed by atoms with E-state index in [0.29, 0.717) is 23.9 Å². The minimum absolute atomic E-state index is 0.235. The van der Waals surface area contributed by atoms with Crippen LogP contribution in [-0.4, -0.2) is 22.5 Å². The molecule has 3 aromatic rings. The van der Waals surface area contributed by atoms with Crippen LogP contribution in [0.15, 0.2) is 30.3 Å². The summed E-state index contributed by atoms with van der Waals surface area (Å²) in [6, 6.07) is 9.35. The largest absolute Gasteiger partial charge is 0.491 e. The second-order valence-electron chi connectivity index (χ2n) is 6.05. The molecule has 0 saturated heterocycles. The lowest BCUT2D eigenvalue weighted by Crippen LogP contribution is -2.13. The quantitative estimate of drug-likeness (QED) is 0.741. The van der Waals surface area contributed by atoms with Crippen molar-refractivity contribution < 1.29 is 9.53 Å². The highest BCUT2D eigenvalue weighted by Crippen LogP contribution is 2.43. The van der Waals surface area contributed by atoms with Gasteiger partial charge in [-0.3, -0.25) is 4.79 Å². The summed E-state index contributed by atoms with van der Waals surface area (Å²) in [5.74, 6) is 0.648. The summed E-state index contributed by atoms with van der Waals surface area (Å²) in [4.78, 5) is 22.6. The van der Waals surface area contributed by atoms with E-state index in [1.165, 1.54) is 0 Å². The molecule has 4 rings (SSSR count). The molecule has 0 spiro atoms. The molecule has 7 heteroatoms. The fourth-order valence-electron chi connectivity index (χ4n) is 3.09. The number of aromatic nitrogens is 2. The van der Waals surface area contributed by atoms with E-state index in [0.717, 1.165) is 39.4 Å². The fourth-order valence-corrected chi connectivity index (χ4v) is 4.35. The lowest BCUT2D eigenvalue weighted by atomic mass is 10.1. The number of hydrogen-bond donors (Lipinski definition) is 2. The van der Waals surface area contributed by atoms with Gasteiger partial charge in [0.05, 0.1) is 17.2 Å². The number of nitrogens with two attached hydrogens (primary N) is 2. The van der Waals surface area contributed by atoms with Crippen LogP contribution >= 0.6 is 11.3 Å². The van der Waals surface area contributed by atoms with Crippen LogP contribution in [0.2, 0.25) is 0 Å². The first-order chi connectivity index (χ1) is 12.6. The zero-order valence-electron chi connectivity index (χ0n) is 14.3. The number of rotatable bonds is 3. The third-order valence-electron chi connectivity index (χ3n) is 4.36. The Morgan fingerprint density at radius 1 is 1.27 bits per heavy atom. The van der Waals surface area contributed by atoms with Gasteiger partial charge in [-0.25, -0.2) is 9.97 Å². The minimum Gasteiger partial charge on any atom is -0.491 e. The van der Waals surface area contributed by atoms with Crippen molar-refractivity contribution in [2.75, 3.05) is 12.3 Å². The van der Waals surface area contributed by atoms with Crippen LogP contribution in [-0.2, 0) is 12.8 Å². The number of carbonyl (C=O) groups excluding carboxylic acids is 1. The summed E-state index contributed by atoms with van der Waals surface area (Å²) >= 11 is 1.62. The first-order valence-electron chi connectivity index (χ1n) is 8.39. The highest BCUT2D eigenvalue weighted by Gasteiger charge is 2.22. The Bertz CT molecular complexity index is 1010. The summed E-state index contributed by atoms with van der Waals surface area (Å²) in [5.41, 5.74) is 15.3. The van der Waals surface area contributed by atoms with Gasteiger partial charge in [-0.2, -0.15) is 0 Å². The average Bonchev–Trinajstić information content (AvgIpc) is 2.97. The van der Waals surface area contributed by atoms with Gasteiger partial charge in [-0.1, -0.05) is 6.92 Å². The Balaban J connectivity index is 1.88. The summed E-state index contributed by atoms with van der Waals surface area (Å²) in [7, 11) is 0. The zero-order chi connectivity index (χ0) is 18.3. The molecule has 0 bridgehead atoms. The van der Waals surface area contributed by atoms with E-state index in [1.807, 2.05) is 12.1 Å². The molecule has 0 aliphatic carbocycles. The molecule has 0 radical (unpaired) electrons. The maximum absolute atomic E-state index is 11.5. The van der Waals surface area contributed by atoms with Crippen LogP contribution in [0.3, 0.4) is 0 Å². The molecular formula is C19H18N4O2S. The van der Waals surface area contributed by atoms with E-state index in [9.17, 15) is 4.79 Å². The van der Waals surface area contributed by atoms with Gasteiger partial charge >= 0.3 is 0 Å². The summed E-state index contributed by atoms with van der Waals surface area (Å²) in [6.45, 7) is 2.63. The number of primary amides is 1. The average molecular weight is 366 g/mol. The first kappa shape index (κ1) is 16.5. The van der Waals surface area contributed by atoms with Crippen molar-refractivity contribution in [1.82, 2.24) is 9.97 Å². The Morgan fingerprint density at radius 2 is 2.12 bits per heavy atom. The van der Waals surface area contributed by atoms with Crippen LogP contribution in [0, 0.1) is 0 Å². The second-order valence-corrected chi connectivity index (χ2v) is 7.11. The second kappa shape index (κ2) is 6.42. The molecule has 1 aliphatic heterocycles. The molecule has 4 heterocycles. The van der Waals surface area contributed by atoms with Gasteiger partial charge in [0.2, 0.25) is 0 Å². The standard InChI is InChI=1S/C19H18N4O2S/c1-2-12-11(3-6-16(20)22-12)15-9-10-7-8-25-14-5-4-13(19(21)24)23-17(14)18(10)26-15/h3-6,9H,2,7-8H2,1H3,(H2,20,22)(H2,21,24). The number of amides is 1. The fraction of sp³-hybridized carbons (Fsp3) is 0.211. The predicted molar refractivity (Wildman–Crippen MR) is 102 cm³/mol. The number of aryl methyl sites for hydroxylation is 1. The third kappa shape index (κ3) is 2.80. The van der Waals surface area contributed by atoms with E-state index < -0.39 is 5.91 Å². The maximum atomic E-state index is 11.5. The number of nitrogen functional groups attached to an aromatic ring is 1. The number of ether oxygens (including phenoxy) is 1. The van der Waals surface area contributed by atoms with E-state index in [2.05, 4.69) is 23.0 Å². The van der Waals surface area contributed by atoms with Crippen LogP contribution in [0.25, 0.3) is 21.0 Å². The molecule has 0 unspecified atom stereocenters. The number of thiophene rings is 1. The van der Waals surface area contributed by atoms with Crippen molar-refractivity contribution in [2.45, 2.75) is 19.8 Å². The lowest BCUT2D eigenvalue weighted by Gasteiger charge is -2.08. The van der Waals surface area contributed by atoms with Crippen molar-refractivity contribution >= 4 is 23.1 Å². The monoisotopic (exact) mass is 366 g/mol. The zero-order valence-corrected chi connectivity index (χ0v) is 15.1. The van der Waals surface area contributed by atoms with Crippen molar-refractivity contribution in [2.24, 2.45) is 5.73 Å². The highest BCUT2D eigenvalue weighted by atomic mass is 32.1. The van der Waals surface area contributed by atoms with Gasteiger partial charge in [-0.05, 0) is 42.3 Å². The number of anilines is 1. The molecule has 3 aromatic heterocycles. The third-order valence-corrected chi connectivity index (χ3v) is 5.58. The number of fused-ring (bicyclic) bond motifs is 3. The molecule has 132 valence electrons. The van der Waals surface area contributed by atoms with E-state index in [4.69, 9.17) is 16.2 Å². The Hall–Kier alpha value is -2.93. The lowest BCUT2D eigenvalue weighted by molar-refractivity contribution is 0.0995. The van der Waals surface area contributed by atoms with E-state index >= 15 is 0 Å². The van der Waals surface area contributed by atoms with Crippen molar-refractivity contribution in [3.63, 3.8) is 0 Å². The van der Waals surface area contributed by atoms with Crippen molar-refractivity contribution in [3.8, 4) is 26.8 Å². The molecule has 4 N–H and O–H groups in total. The molecule has 0 fully saturated rings. The predicted octanol–water partition coefficient (Wildman–Crippen LogP) is 3.05. The number of hydrogen-bond acceptors (Lipinski definition) is 6. The SMILES string of the molecule is CCc1nc(N)ccc1-c1cc2c(s1)-c1nc(C(N)=O)ccc1OCC2. The summed E-state index contributed by atoms with van der Waals surface area (Å²) in [5, 5.41) is 0. The highest BCUT2D eigenvalue weighted by molar-refractivity contribution is 7.19. The Morgan fingerprint density at radius 3 is 2.88 bits per heavy atom. The molecule has 1 amide bonds. The summed E-state index contributed by atoms with van der Waals surface area (Å²) in [6.07, 6.45) is 1.57. The normalized spacial score (nSPS) is 12.7. The molecule has 0 saturated carbocycles. The van der Waals surface area contributed by atoms with Gasteiger partial charge in [0, 0.05) is 16.9 Å². The van der Waals surface area contributed by atoms with Gasteiger partial charge in [0.1, 0.15) is 23.0 Å². The van der Waals surface area contributed by atoms with Crippen molar-refractivity contribution in [1.29, 1.82) is 0 Å². The molecule has 6 nitrogen and oxygen atoms in total. The molecule has 0 atom stereocenters. The van der Waals surface area contributed by atoms with Gasteiger partial charge in [-0.15, -0.1) is 11.3 Å². The van der Waals surface area contributed by atoms with Crippen molar-refractivity contribution in [3.05, 3.63) is 47.3 Å². The molecule has 0 aromatic carbocycles. The first-order valence-corrected chi connectivity index (χ1v) is 9.21. The molecule has 26 heavy (non-hydrogen) atoms. The van der Waals surface area contributed by atoms with Gasteiger partial charge in [0.15, 0.2) is 0 Å². The van der Waals surface area contributed by atoms with E-state index in [1.54, 1.807) is 23.5 Å². The minimum atomic E-state index is -0.550. The number of pyridine rings is 2. The van der Waals surface area contributed by atoms with Crippen LogP contribution in [0.5, 0.6) is 5.75 Å². The maximum Gasteiger partial charge on any atom is 0.267 e. The number of carbonyl (C=O) groups is 1. The molecular weight excluding hydrogens is 348 g/mol. The van der Waals surface area contributed by atoms with Crippen LogP contribution in [0.1, 0.15) is 28.7 Å². The Kier molecular flexibility index (Phi) is 4.08.